The van der Waals surface area contributed by atoms with E-state index in [1.807, 2.05) is 6.07 Å². The highest BCUT2D eigenvalue weighted by Gasteiger charge is 2.40. The van der Waals surface area contributed by atoms with Gasteiger partial charge in [-0.2, -0.15) is 0 Å². The normalized spacial score (nSPS) is 23.6. The Morgan fingerprint density at radius 2 is 1.86 bits per heavy atom. The lowest BCUT2D eigenvalue weighted by molar-refractivity contribution is -0.0382. The second-order valence-electron chi connectivity index (χ2n) is 8.30. The van der Waals surface area contributed by atoms with Gasteiger partial charge in [0.05, 0.1) is 12.1 Å². The first-order valence-corrected chi connectivity index (χ1v) is 10.4. The molecule has 1 N–H and O–H groups in total. The van der Waals surface area contributed by atoms with Crippen molar-refractivity contribution in [3.05, 3.63) is 77.6 Å². The van der Waals surface area contributed by atoms with Crippen LogP contribution in [-0.4, -0.2) is 11.2 Å². The van der Waals surface area contributed by atoms with Crippen LogP contribution in [0.3, 0.4) is 0 Å². The van der Waals surface area contributed by atoms with Gasteiger partial charge >= 0.3 is 0 Å². The molecular formula is C25H23FN2O. The van der Waals surface area contributed by atoms with Crippen molar-refractivity contribution in [2.75, 3.05) is 11.9 Å². The van der Waals surface area contributed by atoms with Crippen molar-refractivity contribution in [1.29, 1.82) is 0 Å². The lowest BCUT2D eigenvalue weighted by Crippen LogP contribution is -2.36. The molecule has 1 fully saturated rings. The molecule has 2 aliphatic heterocycles. The van der Waals surface area contributed by atoms with Crippen molar-refractivity contribution in [2.45, 2.75) is 25.0 Å². The molecule has 4 aromatic rings. The van der Waals surface area contributed by atoms with Gasteiger partial charge in [-0.25, -0.2) is 4.39 Å². The number of halogens is 1. The molecule has 1 saturated heterocycles. The van der Waals surface area contributed by atoms with E-state index >= 15 is 0 Å². The first kappa shape index (κ1) is 17.0. The number of aromatic nitrogens is 1. The summed E-state index contributed by atoms with van der Waals surface area (Å²) >= 11 is 0. The molecule has 2 aliphatic rings. The number of anilines is 1. The van der Waals surface area contributed by atoms with Gasteiger partial charge in [-0.1, -0.05) is 24.3 Å². The average Bonchev–Trinajstić information content (AvgIpc) is 3.05. The molecule has 0 spiro atoms. The Hall–Kier alpha value is -2.85. The molecule has 0 bridgehead atoms. The summed E-state index contributed by atoms with van der Waals surface area (Å²) < 4.78 is 22.3. The lowest BCUT2D eigenvalue weighted by atomic mass is 9.77. The van der Waals surface area contributed by atoms with E-state index in [1.54, 1.807) is 6.07 Å². The fraction of sp³-hybridized carbons (Fsp3) is 0.280. The SMILES string of the molecule is Cn1c2ccccc2c2cc([C@@H]3Nc4ccc(F)cc4C4OCCCC43)ccc21. The predicted molar refractivity (Wildman–Crippen MR) is 115 cm³/mol. The van der Waals surface area contributed by atoms with Crippen molar-refractivity contribution in [2.24, 2.45) is 13.0 Å². The molecule has 3 heterocycles. The van der Waals surface area contributed by atoms with Gasteiger partial charge in [0.25, 0.3) is 0 Å². The third-order valence-electron chi connectivity index (χ3n) is 6.72. The Labute approximate surface area is 169 Å². The maximum Gasteiger partial charge on any atom is 0.123 e. The molecule has 4 heteroatoms. The maximum atomic E-state index is 13.9. The number of rotatable bonds is 1. The highest BCUT2D eigenvalue weighted by molar-refractivity contribution is 6.08. The monoisotopic (exact) mass is 386 g/mol. The number of nitrogens with one attached hydrogen (secondary N) is 1. The van der Waals surface area contributed by atoms with E-state index in [9.17, 15) is 4.39 Å². The average molecular weight is 386 g/mol. The Balaban J connectivity index is 1.51. The van der Waals surface area contributed by atoms with Crippen LogP contribution in [0.2, 0.25) is 0 Å². The third-order valence-corrected chi connectivity index (χ3v) is 6.72. The Morgan fingerprint density at radius 1 is 1.00 bits per heavy atom. The van der Waals surface area contributed by atoms with Crippen molar-refractivity contribution in [3.8, 4) is 0 Å². The number of hydrogen-bond donors (Lipinski definition) is 1. The fourth-order valence-corrected chi connectivity index (χ4v) is 5.35. The molecule has 2 unspecified atom stereocenters. The van der Waals surface area contributed by atoms with Gasteiger partial charge in [0.15, 0.2) is 0 Å². The van der Waals surface area contributed by atoms with E-state index in [0.717, 1.165) is 30.7 Å². The highest BCUT2D eigenvalue weighted by Crippen LogP contribution is 2.49. The molecule has 0 amide bonds. The van der Waals surface area contributed by atoms with Gasteiger partial charge < -0.3 is 14.6 Å². The summed E-state index contributed by atoms with van der Waals surface area (Å²) in [6, 6.07) is 20.5. The fourth-order valence-electron chi connectivity index (χ4n) is 5.35. The van der Waals surface area contributed by atoms with Gasteiger partial charge in [-0.15, -0.1) is 0 Å². The second-order valence-corrected chi connectivity index (χ2v) is 8.30. The van der Waals surface area contributed by atoms with Crippen LogP contribution in [0.15, 0.2) is 60.7 Å². The number of nitrogens with zero attached hydrogens (tertiary/aromatic N) is 1. The van der Waals surface area contributed by atoms with Gasteiger partial charge in [0.1, 0.15) is 5.82 Å². The van der Waals surface area contributed by atoms with Gasteiger partial charge in [0.2, 0.25) is 0 Å². The number of para-hydroxylation sites is 1. The van der Waals surface area contributed by atoms with E-state index in [1.165, 1.54) is 33.4 Å². The van der Waals surface area contributed by atoms with Crippen LogP contribution >= 0.6 is 0 Å². The first-order chi connectivity index (χ1) is 14.2. The van der Waals surface area contributed by atoms with E-state index in [0.29, 0.717) is 5.92 Å². The van der Waals surface area contributed by atoms with Crippen LogP contribution in [0.25, 0.3) is 21.8 Å². The molecule has 6 rings (SSSR count). The minimum absolute atomic E-state index is 0.0519. The van der Waals surface area contributed by atoms with Crippen LogP contribution in [0.5, 0.6) is 0 Å². The molecule has 1 aromatic heterocycles. The van der Waals surface area contributed by atoms with E-state index in [2.05, 4.69) is 59.4 Å². The van der Waals surface area contributed by atoms with Crippen molar-refractivity contribution in [3.63, 3.8) is 0 Å². The summed E-state index contributed by atoms with van der Waals surface area (Å²) in [7, 11) is 2.12. The highest BCUT2D eigenvalue weighted by atomic mass is 19.1. The third kappa shape index (κ3) is 2.52. The minimum Gasteiger partial charge on any atom is -0.378 e. The zero-order valence-electron chi connectivity index (χ0n) is 16.4. The van der Waals surface area contributed by atoms with Crippen LogP contribution in [0.4, 0.5) is 10.1 Å². The second kappa shape index (κ2) is 6.33. The summed E-state index contributed by atoms with van der Waals surface area (Å²) in [5.74, 6) is 0.0968. The lowest BCUT2D eigenvalue weighted by Gasteiger charge is -2.43. The quantitative estimate of drug-likeness (QED) is 0.427. The van der Waals surface area contributed by atoms with E-state index < -0.39 is 0 Å². The van der Waals surface area contributed by atoms with Crippen LogP contribution in [0, 0.1) is 11.7 Å². The summed E-state index contributed by atoms with van der Waals surface area (Å²) in [4.78, 5) is 0. The van der Waals surface area contributed by atoms with E-state index in [-0.39, 0.29) is 18.0 Å². The molecule has 3 nitrogen and oxygen atoms in total. The standard InChI is InChI=1S/C25H23FN2O/c1-28-22-7-3-2-5-17(22)19-13-15(8-11-23(19)28)24-18-6-4-12-29-25(18)20-14-16(26)9-10-21(20)27-24/h2-3,5,7-11,13-14,18,24-25,27H,4,6,12H2,1H3/t18?,24-,25?/m0/s1. The summed E-state index contributed by atoms with van der Waals surface area (Å²) in [6.07, 6.45) is 2.07. The number of benzene rings is 3. The summed E-state index contributed by atoms with van der Waals surface area (Å²) in [5, 5.41) is 6.26. The largest absolute Gasteiger partial charge is 0.378 e. The molecule has 0 saturated carbocycles. The van der Waals surface area contributed by atoms with Gasteiger partial charge in [-0.3, -0.25) is 0 Å². The molecule has 0 radical (unpaired) electrons. The molecule has 3 aromatic carbocycles. The molecule has 29 heavy (non-hydrogen) atoms. The maximum absolute atomic E-state index is 13.9. The summed E-state index contributed by atoms with van der Waals surface area (Å²) in [5.41, 5.74) is 5.69. The number of aryl methyl sites for hydroxylation is 1. The van der Waals surface area contributed by atoms with Crippen molar-refractivity contribution < 1.29 is 9.13 Å². The number of fused-ring (bicyclic) bond motifs is 6. The predicted octanol–water partition coefficient (Wildman–Crippen LogP) is 6.11. The van der Waals surface area contributed by atoms with E-state index in [4.69, 9.17) is 4.74 Å². The zero-order valence-corrected chi connectivity index (χ0v) is 16.4. The van der Waals surface area contributed by atoms with Crippen molar-refractivity contribution in [1.82, 2.24) is 4.57 Å². The van der Waals surface area contributed by atoms with Crippen LogP contribution < -0.4 is 5.32 Å². The molecule has 146 valence electrons. The molecular weight excluding hydrogens is 363 g/mol. The van der Waals surface area contributed by atoms with Crippen LogP contribution in [0.1, 0.15) is 36.1 Å². The van der Waals surface area contributed by atoms with Gasteiger partial charge in [-0.05, 0) is 54.8 Å². The Kier molecular flexibility index (Phi) is 3.72. The first-order valence-electron chi connectivity index (χ1n) is 10.4. The molecule has 3 atom stereocenters. The molecule has 0 aliphatic carbocycles. The smallest absolute Gasteiger partial charge is 0.123 e. The van der Waals surface area contributed by atoms with Crippen LogP contribution in [-0.2, 0) is 11.8 Å². The topological polar surface area (TPSA) is 26.2 Å². The van der Waals surface area contributed by atoms with Gasteiger partial charge in [0, 0.05) is 52.6 Å². The zero-order chi connectivity index (χ0) is 19.5. The van der Waals surface area contributed by atoms with Crippen molar-refractivity contribution >= 4 is 27.5 Å². The summed E-state index contributed by atoms with van der Waals surface area (Å²) in [6.45, 7) is 0.742. The number of ether oxygens (including phenoxy) is 1. The number of hydrogen-bond acceptors (Lipinski definition) is 2. The minimum atomic E-state index is -0.200. The Bertz CT molecular complexity index is 1240. The Morgan fingerprint density at radius 3 is 2.79 bits per heavy atom.